The first-order valence-electron chi connectivity index (χ1n) is 6.27. The van der Waals surface area contributed by atoms with Gasteiger partial charge in [-0.3, -0.25) is 0 Å². The van der Waals surface area contributed by atoms with Crippen LogP contribution >= 0.6 is 0 Å². The van der Waals surface area contributed by atoms with Crippen molar-refractivity contribution in [2.24, 2.45) is 5.41 Å². The number of hydrogen-bond donors (Lipinski definition) is 1. The van der Waals surface area contributed by atoms with Crippen LogP contribution < -0.4 is 0 Å². The fraction of sp³-hybridized carbons (Fsp3) is 0.400. The molecule has 0 aliphatic carbocycles. The van der Waals surface area contributed by atoms with Gasteiger partial charge in [-0.05, 0) is 24.0 Å². The lowest BCUT2D eigenvalue weighted by atomic mass is 9.92. The van der Waals surface area contributed by atoms with Gasteiger partial charge in [-0.2, -0.15) is 0 Å². The first-order chi connectivity index (χ1) is 8.78. The van der Waals surface area contributed by atoms with E-state index in [0.29, 0.717) is 23.1 Å². The monoisotopic (exact) mass is 258 g/mol. The number of fused-ring (bicyclic) bond motifs is 1. The molecule has 0 saturated heterocycles. The minimum Gasteiger partial charge on any atom is -0.476 e. The maximum atomic E-state index is 11.4. The minimum absolute atomic E-state index is 0.0211. The second kappa shape index (κ2) is 4.61. The Morgan fingerprint density at radius 3 is 2.53 bits per heavy atom. The Hall–Kier alpha value is -1.97. The number of carboxylic acids is 1. The third-order valence-electron chi connectivity index (χ3n) is 2.87. The van der Waals surface area contributed by atoms with Gasteiger partial charge in [0.2, 0.25) is 0 Å². The molecule has 100 valence electrons. The Kier molecular flexibility index (Phi) is 3.27. The molecule has 0 atom stereocenters. The first kappa shape index (κ1) is 13.5. The summed E-state index contributed by atoms with van der Waals surface area (Å²) in [6.45, 7) is 8.12. The Labute approximate surface area is 112 Å². The number of rotatable bonds is 2. The number of carboxylic acid groups (broad SMARTS) is 1. The highest BCUT2D eigenvalue weighted by Gasteiger charge is 2.19. The summed E-state index contributed by atoms with van der Waals surface area (Å²) in [5.74, 6) is -0.417. The summed E-state index contributed by atoms with van der Waals surface area (Å²) in [5.41, 5.74) is 1.71. The number of aryl methyl sites for hydroxylation is 1. The van der Waals surface area contributed by atoms with Crippen molar-refractivity contribution in [2.45, 2.75) is 34.1 Å². The van der Waals surface area contributed by atoms with E-state index in [1.165, 1.54) is 0 Å². The summed E-state index contributed by atoms with van der Waals surface area (Å²) in [6, 6.07) is 5.60. The third-order valence-corrected chi connectivity index (χ3v) is 2.87. The molecule has 1 N–H and O–H groups in total. The van der Waals surface area contributed by atoms with Crippen LogP contribution in [0.4, 0.5) is 0 Å². The zero-order valence-electron chi connectivity index (χ0n) is 11.7. The molecule has 1 aromatic carbocycles. The van der Waals surface area contributed by atoms with E-state index in [-0.39, 0.29) is 11.1 Å². The van der Waals surface area contributed by atoms with E-state index in [4.69, 9.17) is 0 Å². The highest BCUT2D eigenvalue weighted by molar-refractivity contribution is 6.01. The van der Waals surface area contributed by atoms with E-state index in [1.54, 1.807) is 0 Å². The molecule has 2 aromatic rings. The molecule has 0 unspecified atom stereocenters. The van der Waals surface area contributed by atoms with Gasteiger partial charge in [0.15, 0.2) is 5.69 Å². The van der Waals surface area contributed by atoms with Crippen molar-refractivity contribution in [1.82, 2.24) is 9.97 Å². The number of benzene rings is 1. The Bertz CT molecular complexity index is 642. The minimum atomic E-state index is -1.00. The van der Waals surface area contributed by atoms with Crippen LogP contribution in [-0.2, 0) is 6.42 Å². The topological polar surface area (TPSA) is 63.1 Å². The van der Waals surface area contributed by atoms with E-state index < -0.39 is 5.97 Å². The lowest BCUT2D eigenvalue weighted by molar-refractivity contribution is 0.0692. The third kappa shape index (κ3) is 2.89. The van der Waals surface area contributed by atoms with Crippen LogP contribution in [0.5, 0.6) is 0 Å². The molecule has 0 aliphatic rings. The smallest absolute Gasteiger partial charge is 0.355 e. The molecule has 0 spiro atoms. The van der Waals surface area contributed by atoms with Crippen molar-refractivity contribution < 1.29 is 9.90 Å². The lowest BCUT2D eigenvalue weighted by Gasteiger charge is -2.17. The summed E-state index contributed by atoms with van der Waals surface area (Å²) in [5, 5.41) is 9.97. The van der Waals surface area contributed by atoms with Crippen molar-refractivity contribution in [3.05, 3.63) is 35.3 Å². The molecule has 1 aromatic heterocycles. The predicted octanol–water partition coefficient (Wildman–Crippen LogP) is 3.23. The number of carbonyl (C=O) groups is 1. The summed E-state index contributed by atoms with van der Waals surface area (Å²) in [7, 11) is 0. The summed E-state index contributed by atoms with van der Waals surface area (Å²) < 4.78 is 0. The van der Waals surface area contributed by atoms with Crippen molar-refractivity contribution in [2.75, 3.05) is 0 Å². The van der Waals surface area contributed by atoms with Gasteiger partial charge < -0.3 is 5.11 Å². The average Bonchev–Trinajstić information content (AvgIpc) is 2.25. The number of hydrogen-bond acceptors (Lipinski definition) is 3. The lowest BCUT2D eigenvalue weighted by Crippen LogP contribution is -2.15. The zero-order chi connectivity index (χ0) is 14.2. The van der Waals surface area contributed by atoms with E-state index in [1.807, 2.05) is 25.1 Å². The van der Waals surface area contributed by atoms with Crippen molar-refractivity contribution in [3.63, 3.8) is 0 Å². The molecule has 4 heteroatoms. The number of aromatic carboxylic acids is 1. The van der Waals surface area contributed by atoms with Gasteiger partial charge in [0.1, 0.15) is 5.82 Å². The Balaban J connectivity index is 2.69. The van der Waals surface area contributed by atoms with Crippen LogP contribution in [0.1, 0.15) is 42.6 Å². The highest BCUT2D eigenvalue weighted by atomic mass is 16.4. The summed E-state index contributed by atoms with van der Waals surface area (Å²) in [4.78, 5) is 20.1. The van der Waals surface area contributed by atoms with Crippen LogP contribution in [0, 0.1) is 12.3 Å². The van der Waals surface area contributed by atoms with Crippen molar-refractivity contribution in [3.8, 4) is 0 Å². The van der Waals surface area contributed by atoms with Gasteiger partial charge in [-0.15, -0.1) is 0 Å². The Morgan fingerprint density at radius 2 is 1.95 bits per heavy atom. The van der Waals surface area contributed by atoms with E-state index >= 15 is 0 Å². The molecular formula is C15H18N2O2. The molecule has 0 radical (unpaired) electrons. The second-order valence-corrected chi connectivity index (χ2v) is 6.00. The van der Waals surface area contributed by atoms with Crippen LogP contribution in [0.2, 0.25) is 0 Å². The predicted molar refractivity (Wildman–Crippen MR) is 74.4 cm³/mol. The molecule has 1 heterocycles. The van der Waals surface area contributed by atoms with Crippen molar-refractivity contribution in [1.29, 1.82) is 0 Å². The fourth-order valence-corrected chi connectivity index (χ4v) is 2.11. The van der Waals surface area contributed by atoms with E-state index in [0.717, 1.165) is 5.56 Å². The van der Waals surface area contributed by atoms with E-state index in [9.17, 15) is 9.90 Å². The quantitative estimate of drug-likeness (QED) is 0.898. The molecule has 0 fully saturated rings. The van der Waals surface area contributed by atoms with Crippen LogP contribution in [0.25, 0.3) is 10.9 Å². The highest BCUT2D eigenvalue weighted by Crippen LogP contribution is 2.23. The zero-order valence-corrected chi connectivity index (χ0v) is 11.7. The second-order valence-electron chi connectivity index (χ2n) is 6.00. The molecular weight excluding hydrogens is 240 g/mol. The standard InChI is InChI=1S/C15H18N2O2/c1-9-6-5-7-10-12(9)13(14(18)19)17-11(16-10)8-15(2,3)4/h5-7H,8H2,1-4H3,(H,18,19). The average molecular weight is 258 g/mol. The first-order valence-corrected chi connectivity index (χ1v) is 6.27. The molecule has 0 saturated carbocycles. The molecule has 2 rings (SSSR count). The maximum absolute atomic E-state index is 11.4. The van der Waals surface area contributed by atoms with Gasteiger partial charge in [-0.25, -0.2) is 14.8 Å². The van der Waals surface area contributed by atoms with Gasteiger partial charge in [0.05, 0.1) is 5.52 Å². The number of aromatic nitrogens is 2. The van der Waals surface area contributed by atoms with Crippen LogP contribution in [-0.4, -0.2) is 21.0 Å². The summed E-state index contributed by atoms with van der Waals surface area (Å²) >= 11 is 0. The SMILES string of the molecule is Cc1cccc2nc(CC(C)(C)C)nc(C(=O)O)c12. The Morgan fingerprint density at radius 1 is 1.26 bits per heavy atom. The van der Waals surface area contributed by atoms with Crippen LogP contribution in [0.15, 0.2) is 18.2 Å². The molecule has 0 aliphatic heterocycles. The van der Waals surface area contributed by atoms with Gasteiger partial charge >= 0.3 is 5.97 Å². The molecule has 0 amide bonds. The normalized spacial score (nSPS) is 11.8. The van der Waals surface area contributed by atoms with Crippen LogP contribution in [0.3, 0.4) is 0 Å². The molecule has 19 heavy (non-hydrogen) atoms. The van der Waals surface area contributed by atoms with Crippen molar-refractivity contribution >= 4 is 16.9 Å². The molecule has 0 bridgehead atoms. The fourth-order valence-electron chi connectivity index (χ4n) is 2.11. The van der Waals surface area contributed by atoms with Gasteiger partial charge in [0, 0.05) is 11.8 Å². The largest absolute Gasteiger partial charge is 0.476 e. The van der Waals surface area contributed by atoms with E-state index in [2.05, 4.69) is 30.7 Å². The number of nitrogens with zero attached hydrogens (tertiary/aromatic N) is 2. The van der Waals surface area contributed by atoms with Gasteiger partial charge in [-0.1, -0.05) is 32.9 Å². The maximum Gasteiger partial charge on any atom is 0.355 e. The molecule has 4 nitrogen and oxygen atoms in total. The van der Waals surface area contributed by atoms with Gasteiger partial charge in [0.25, 0.3) is 0 Å². The summed E-state index contributed by atoms with van der Waals surface area (Å²) in [6.07, 6.45) is 0.650.